The minimum Gasteiger partial charge on any atom is -0.352 e. The van der Waals surface area contributed by atoms with E-state index in [1.165, 1.54) is 19.3 Å². The van der Waals surface area contributed by atoms with E-state index in [0.717, 1.165) is 37.1 Å². The number of carbonyl (C=O) groups excluding carboxylic acids is 2. The molecule has 1 aliphatic heterocycles. The number of nitrogens with one attached hydrogen (secondary N) is 1. The summed E-state index contributed by atoms with van der Waals surface area (Å²) in [5, 5.41) is 2.98. The highest BCUT2D eigenvalue weighted by Gasteiger charge is 2.21. The number of hydrogen-bond donors (Lipinski definition) is 1. The number of nitrogens with zero attached hydrogens (tertiary/aromatic N) is 1. The van der Waals surface area contributed by atoms with Crippen LogP contribution in [-0.4, -0.2) is 18.4 Å². The van der Waals surface area contributed by atoms with Crippen LogP contribution in [0.4, 0.5) is 5.69 Å². The van der Waals surface area contributed by atoms with Gasteiger partial charge in [-0.15, -0.1) is 0 Å². The Balaban J connectivity index is 1.75. The highest BCUT2D eigenvalue weighted by Crippen LogP contribution is 2.22. The van der Waals surface area contributed by atoms with Crippen molar-refractivity contribution in [2.45, 2.75) is 64.8 Å². The summed E-state index contributed by atoms with van der Waals surface area (Å²) in [4.78, 5) is 25.5. The summed E-state index contributed by atoms with van der Waals surface area (Å²) < 4.78 is 0. The molecule has 4 heteroatoms. The van der Waals surface area contributed by atoms with Crippen molar-refractivity contribution in [1.29, 1.82) is 0 Å². The third-order valence-corrected chi connectivity index (χ3v) is 4.29. The standard InChI is InChI=1S/C19H28N2O2/c1-2-3-4-5-6-11-18(22)20-15-16-9-7-10-17(14-16)21-13-8-12-19(21)23/h7,9-10,14H,2-6,8,11-13,15H2,1H3,(H,20,22). The molecule has 0 bridgehead atoms. The maximum atomic E-state index is 11.9. The molecule has 1 N–H and O–H groups in total. The van der Waals surface area contributed by atoms with Crippen LogP contribution in [0.2, 0.25) is 0 Å². The van der Waals surface area contributed by atoms with Gasteiger partial charge in [0.2, 0.25) is 11.8 Å². The minimum atomic E-state index is 0.115. The lowest BCUT2D eigenvalue weighted by molar-refractivity contribution is -0.121. The lowest BCUT2D eigenvalue weighted by Gasteiger charge is -2.16. The van der Waals surface area contributed by atoms with Gasteiger partial charge in [0.25, 0.3) is 0 Å². The van der Waals surface area contributed by atoms with Gasteiger partial charge in [-0.05, 0) is 30.5 Å². The molecular formula is C19H28N2O2. The van der Waals surface area contributed by atoms with Gasteiger partial charge in [-0.3, -0.25) is 9.59 Å². The summed E-state index contributed by atoms with van der Waals surface area (Å²) in [5.41, 5.74) is 1.99. The zero-order chi connectivity index (χ0) is 16.5. The molecule has 0 saturated carbocycles. The van der Waals surface area contributed by atoms with E-state index in [2.05, 4.69) is 12.2 Å². The van der Waals surface area contributed by atoms with Crippen LogP contribution in [0.3, 0.4) is 0 Å². The number of hydrogen-bond acceptors (Lipinski definition) is 2. The van der Waals surface area contributed by atoms with Gasteiger partial charge >= 0.3 is 0 Å². The van der Waals surface area contributed by atoms with Crippen molar-refractivity contribution >= 4 is 17.5 Å². The lowest BCUT2D eigenvalue weighted by Crippen LogP contribution is -2.25. The van der Waals surface area contributed by atoms with Crippen molar-refractivity contribution in [2.75, 3.05) is 11.4 Å². The van der Waals surface area contributed by atoms with Crippen LogP contribution >= 0.6 is 0 Å². The SMILES string of the molecule is CCCCCCCC(=O)NCc1cccc(N2CCCC2=O)c1. The van der Waals surface area contributed by atoms with E-state index < -0.39 is 0 Å². The Morgan fingerprint density at radius 1 is 1.22 bits per heavy atom. The quantitative estimate of drug-likeness (QED) is 0.705. The molecule has 0 radical (unpaired) electrons. The number of anilines is 1. The molecule has 1 heterocycles. The van der Waals surface area contributed by atoms with Crippen LogP contribution in [0.25, 0.3) is 0 Å². The topological polar surface area (TPSA) is 49.4 Å². The number of amides is 2. The Kier molecular flexibility index (Phi) is 7.11. The molecule has 2 amide bonds. The van der Waals surface area contributed by atoms with E-state index in [4.69, 9.17) is 0 Å². The largest absolute Gasteiger partial charge is 0.352 e. The second-order valence-electron chi connectivity index (χ2n) is 6.26. The van der Waals surface area contributed by atoms with Crippen LogP contribution in [0, 0.1) is 0 Å². The first-order valence-electron chi connectivity index (χ1n) is 8.86. The molecule has 1 aromatic carbocycles. The summed E-state index contributed by atoms with van der Waals surface area (Å²) in [5.74, 6) is 0.308. The first-order valence-corrected chi connectivity index (χ1v) is 8.86. The average molecular weight is 316 g/mol. The van der Waals surface area contributed by atoms with Crippen molar-refractivity contribution in [3.63, 3.8) is 0 Å². The molecule has 126 valence electrons. The fourth-order valence-electron chi connectivity index (χ4n) is 2.93. The van der Waals surface area contributed by atoms with Crippen LogP contribution in [0.15, 0.2) is 24.3 Å². The highest BCUT2D eigenvalue weighted by molar-refractivity contribution is 5.95. The molecule has 1 aromatic rings. The maximum Gasteiger partial charge on any atom is 0.227 e. The molecular weight excluding hydrogens is 288 g/mol. The lowest BCUT2D eigenvalue weighted by atomic mass is 10.1. The summed E-state index contributed by atoms with van der Waals surface area (Å²) in [6, 6.07) is 7.91. The predicted octanol–water partition coefficient (Wildman–Crippen LogP) is 3.79. The molecule has 0 spiro atoms. The van der Waals surface area contributed by atoms with Gasteiger partial charge in [-0.1, -0.05) is 44.7 Å². The smallest absolute Gasteiger partial charge is 0.227 e. The molecule has 0 unspecified atom stereocenters. The van der Waals surface area contributed by atoms with Gasteiger partial charge < -0.3 is 10.2 Å². The molecule has 0 aromatic heterocycles. The number of rotatable bonds is 9. The van der Waals surface area contributed by atoms with E-state index in [0.29, 0.717) is 19.4 Å². The van der Waals surface area contributed by atoms with Gasteiger partial charge in [-0.2, -0.15) is 0 Å². The van der Waals surface area contributed by atoms with E-state index in [1.807, 2.05) is 29.2 Å². The first-order chi connectivity index (χ1) is 11.2. The van der Waals surface area contributed by atoms with Gasteiger partial charge in [-0.25, -0.2) is 0 Å². The monoisotopic (exact) mass is 316 g/mol. The van der Waals surface area contributed by atoms with Crippen molar-refractivity contribution in [2.24, 2.45) is 0 Å². The average Bonchev–Trinajstić information content (AvgIpc) is 2.99. The van der Waals surface area contributed by atoms with Crippen molar-refractivity contribution in [3.05, 3.63) is 29.8 Å². The van der Waals surface area contributed by atoms with E-state index in [9.17, 15) is 9.59 Å². The maximum absolute atomic E-state index is 11.9. The van der Waals surface area contributed by atoms with E-state index in [-0.39, 0.29) is 11.8 Å². The summed E-state index contributed by atoms with van der Waals surface area (Å²) in [7, 11) is 0. The molecule has 0 atom stereocenters. The summed E-state index contributed by atoms with van der Waals surface area (Å²) >= 11 is 0. The van der Waals surface area contributed by atoms with E-state index >= 15 is 0 Å². The zero-order valence-electron chi connectivity index (χ0n) is 14.1. The molecule has 0 aliphatic carbocycles. The molecule has 23 heavy (non-hydrogen) atoms. The zero-order valence-corrected chi connectivity index (χ0v) is 14.1. The van der Waals surface area contributed by atoms with Crippen LogP contribution in [0.5, 0.6) is 0 Å². The van der Waals surface area contributed by atoms with Crippen LogP contribution in [-0.2, 0) is 16.1 Å². The molecule has 4 nitrogen and oxygen atoms in total. The summed E-state index contributed by atoms with van der Waals surface area (Å²) in [6.07, 6.45) is 7.97. The third-order valence-electron chi connectivity index (χ3n) is 4.29. The second-order valence-corrected chi connectivity index (χ2v) is 6.26. The van der Waals surface area contributed by atoms with Crippen LogP contribution < -0.4 is 10.2 Å². The Morgan fingerprint density at radius 2 is 2.04 bits per heavy atom. The van der Waals surface area contributed by atoms with Gasteiger partial charge in [0.15, 0.2) is 0 Å². The normalized spacial score (nSPS) is 14.3. The van der Waals surface area contributed by atoms with Crippen molar-refractivity contribution in [3.8, 4) is 0 Å². The van der Waals surface area contributed by atoms with Gasteiger partial charge in [0, 0.05) is 31.6 Å². The number of benzene rings is 1. The van der Waals surface area contributed by atoms with Gasteiger partial charge in [0.1, 0.15) is 0 Å². The fraction of sp³-hybridized carbons (Fsp3) is 0.579. The first kappa shape index (κ1) is 17.5. The Labute approximate surface area is 139 Å². The summed E-state index contributed by atoms with van der Waals surface area (Å²) in [6.45, 7) is 3.52. The Hall–Kier alpha value is -1.84. The Bertz CT molecular complexity index is 528. The fourth-order valence-corrected chi connectivity index (χ4v) is 2.93. The molecule has 1 saturated heterocycles. The molecule has 1 fully saturated rings. The second kappa shape index (κ2) is 9.33. The Morgan fingerprint density at radius 3 is 2.78 bits per heavy atom. The molecule has 1 aliphatic rings. The number of carbonyl (C=O) groups is 2. The number of unbranched alkanes of at least 4 members (excludes halogenated alkanes) is 4. The van der Waals surface area contributed by atoms with E-state index in [1.54, 1.807) is 0 Å². The minimum absolute atomic E-state index is 0.115. The van der Waals surface area contributed by atoms with Crippen molar-refractivity contribution in [1.82, 2.24) is 5.32 Å². The predicted molar refractivity (Wildman–Crippen MR) is 93.3 cm³/mol. The third kappa shape index (κ3) is 5.70. The van der Waals surface area contributed by atoms with Crippen molar-refractivity contribution < 1.29 is 9.59 Å². The molecule has 2 rings (SSSR count). The highest BCUT2D eigenvalue weighted by atomic mass is 16.2. The van der Waals surface area contributed by atoms with Gasteiger partial charge in [0.05, 0.1) is 0 Å². The van der Waals surface area contributed by atoms with Crippen LogP contribution in [0.1, 0.15) is 63.9 Å².